The maximum Gasteiger partial charge on any atom is 0.130 e. The number of hydrogen-bond acceptors (Lipinski definition) is 4. The largest absolute Gasteiger partial charge is 0.489 e. The van der Waals surface area contributed by atoms with Crippen LogP contribution in [0.3, 0.4) is 0 Å². The van der Waals surface area contributed by atoms with E-state index in [-0.39, 0.29) is 16.3 Å². The van der Waals surface area contributed by atoms with E-state index in [0.717, 1.165) is 18.6 Å². The highest BCUT2D eigenvalue weighted by atomic mass is 32.2. The Morgan fingerprint density at radius 2 is 1.96 bits per heavy atom. The van der Waals surface area contributed by atoms with E-state index in [1.807, 2.05) is 25.1 Å². The van der Waals surface area contributed by atoms with Gasteiger partial charge < -0.3 is 14.6 Å². The van der Waals surface area contributed by atoms with Crippen LogP contribution in [-0.2, 0) is 17.8 Å². The molecule has 1 heterocycles. The molecule has 1 aliphatic heterocycles. The third-order valence-electron chi connectivity index (χ3n) is 5.77. The Morgan fingerprint density at radius 1 is 1.19 bits per heavy atom. The lowest BCUT2D eigenvalue weighted by molar-refractivity contribution is -0.0745. The van der Waals surface area contributed by atoms with Crippen LogP contribution < -0.4 is 4.74 Å². The van der Waals surface area contributed by atoms with Crippen LogP contribution in [0.1, 0.15) is 50.0 Å². The normalized spacial score (nSPS) is 27.3. The second-order valence-electron chi connectivity index (χ2n) is 8.13. The second kappa shape index (κ2) is 7.50. The van der Waals surface area contributed by atoms with Crippen molar-refractivity contribution in [2.75, 3.05) is 0 Å². The predicted molar refractivity (Wildman–Crippen MR) is 110 cm³/mol. The molecular weight excluding hydrogens is 356 g/mol. The van der Waals surface area contributed by atoms with Gasteiger partial charge in [0.2, 0.25) is 0 Å². The van der Waals surface area contributed by atoms with Gasteiger partial charge in [0.05, 0.1) is 12.2 Å². The first-order valence-corrected chi connectivity index (χ1v) is 10.6. The minimum absolute atomic E-state index is 0.0184. The summed E-state index contributed by atoms with van der Waals surface area (Å²) >= 11 is 1.77. The fraction of sp³-hybridized carbons (Fsp3) is 0.478. The van der Waals surface area contributed by atoms with E-state index in [1.165, 1.54) is 16.7 Å². The highest BCUT2D eigenvalue weighted by molar-refractivity contribution is 8.01. The molecule has 4 heteroatoms. The summed E-state index contributed by atoms with van der Waals surface area (Å²) in [6.45, 7) is 6.96. The van der Waals surface area contributed by atoms with Crippen molar-refractivity contribution in [2.24, 2.45) is 5.92 Å². The number of benzene rings is 2. The summed E-state index contributed by atoms with van der Waals surface area (Å²) in [6.07, 6.45) is 1.62. The topological polar surface area (TPSA) is 38.7 Å². The molecule has 1 fully saturated rings. The minimum atomic E-state index is -0.488. The summed E-state index contributed by atoms with van der Waals surface area (Å²) in [5.41, 5.74) is 3.48. The van der Waals surface area contributed by atoms with Gasteiger partial charge in [-0.1, -0.05) is 56.3 Å². The molecule has 2 aliphatic rings. The number of fused-ring (bicyclic) bond motifs is 3. The molecule has 4 atom stereocenters. The van der Waals surface area contributed by atoms with Gasteiger partial charge in [0.25, 0.3) is 0 Å². The van der Waals surface area contributed by atoms with Gasteiger partial charge in [-0.15, -0.1) is 11.8 Å². The molecule has 0 spiro atoms. The van der Waals surface area contributed by atoms with Crippen molar-refractivity contribution < 1.29 is 14.6 Å². The van der Waals surface area contributed by atoms with Gasteiger partial charge in [0.15, 0.2) is 0 Å². The Labute approximate surface area is 166 Å². The zero-order valence-corrected chi connectivity index (χ0v) is 17.0. The van der Waals surface area contributed by atoms with Crippen LogP contribution in [0.15, 0.2) is 48.5 Å². The van der Waals surface area contributed by atoms with E-state index >= 15 is 0 Å². The van der Waals surface area contributed by atoms with Crippen LogP contribution in [0.5, 0.6) is 5.75 Å². The van der Waals surface area contributed by atoms with E-state index in [2.05, 4.69) is 44.2 Å². The van der Waals surface area contributed by atoms with Gasteiger partial charge in [0.1, 0.15) is 17.8 Å². The van der Waals surface area contributed by atoms with Crippen molar-refractivity contribution in [2.45, 2.75) is 62.6 Å². The first kappa shape index (κ1) is 18.9. The Balaban J connectivity index is 1.61. The van der Waals surface area contributed by atoms with Crippen molar-refractivity contribution in [1.29, 1.82) is 0 Å². The van der Waals surface area contributed by atoms with E-state index in [9.17, 15) is 5.11 Å². The fourth-order valence-electron chi connectivity index (χ4n) is 4.31. The summed E-state index contributed by atoms with van der Waals surface area (Å²) in [5.74, 6) is 1.40. The number of thioether (sulfide) groups is 1. The quantitative estimate of drug-likeness (QED) is 0.794. The first-order chi connectivity index (χ1) is 13.0. The van der Waals surface area contributed by atoms with E-state index < -0.39 is 6.10 Å². The lowest BCUT2D eigenvalue weighted by atomic mass is 9.75. The standard InChI is InChI=1S/C23H28O3S/c1-15(24)22-26-21-18-10-7-11-20(25-14-16-8-5-4-6-9-16)17(18)12-13-19(21)23(2,3)27-22/h4-11,15,19,21-22,24H,12-14H2,1-3H3/t15-,19-,21+,22+/m0/s1. The van der Waals surface area contributed by atoms with Crippen molar-refractivity contribution in [3.05, 3.63) is 65.2 Å². The Kier molecular flexibility index (Phi) is 5.23. The molecule has 0 bridgehead atoms. The van der Waals surface area contributed by atoms with Crippen LogP contribution in [-0.4, -0.2) is 21.4 Å². The lowest BCUT2D eigenvalue weighted by Crippen LogP contribution is -2.46. The molecule has 1 saturated heterocycles. The molecule has 2 aromatic carbocycles. The van der Waals surface area contributed by atoms with Gasteiger partial charge in [-0.25, -0.2) is 0 Å². The van der Waals surface area contributed by atoms with Gasteiger partial charge in [-0.2, -0.15) is 0 Å². The van der Waals surface area contributed by atoms with Crippen LogP contribution in [0.4, 0.5) is 0 Å². The molecule has 1 N–H and O–H groups in total. The monoisotopic (exact) mass is 384 g/mol. The van der Waals surface area contributed by atoms with Crippen molar-refractivity contribution in [3.8, 4) is 5.75 Å². The zero-order chi connectivity index (χ0) is 19.0. The predicted octanol–water partition coefficient (Wildman–Crippen LogP) is 5.12. The van der Waals surface area contributed by atoms with Crippen LogP contribution in [0.25, 0.3) is 0 Å². The van der Waals surface area contributed by atoms with Crippen LogP contribution >= 0.6 is 11.8 Å². The maximum absolute atomic E-state index is 10.1. The summed E-state index contributed by atoms with van der Waals surface area (Å²) in [4.78, 5) is 0. The molecule has 0 unspecified atom stereocenters. The number of aliphatic hydroxyl groups is 1. The highest BCUT2D eigenvalue weighted by Gasteiger charge is 2.48. The lowest BCUT2D eigenvalue weighted by Gasteiger charge is -2.50. The molecule has 2 aromatic rings. The van der Waals surface area contributed by atoms with Gasteiger partial charge in [0, 0.05) is 10.7 Å². The molecule has 1 aliphatic carbocycles. The molecule has 4 rings (SSSR count). The minimum Gasteiger partial charge on any atom is -0.489 e. The first-order valence-electron chi connectivity index (χ1n) is 9.75. The summed E-state index contributed by atoms with van der Waals surface area (Å²) in [5, 5.41) is 10.1. The third-order valence-corrected chi connectivity index (χ3v) is 7.42. The number of ether oxygens (including phenoxy) is 2. The Morgan fingerprint density at radius 3 is 2.70 bits per heavy atom. The molecule has 0 radical (unpaired) electrons. The summed E-state index contributed by atoms with van der Waals surface area (Å²) in [7, 11) is 0. The van der Waals surface area contributed by atoms with Crippen molar-refractivity contribution >= 4 is 11.8 Å². The fourth-order valence-corrected chi connectivity index (χ4v) is 5.69. The highest BCUT2D eigenvalue weighted by Crippen LogP contribution is 2.55. The molecule has 144 valence electrons. The van der Waals surface area contributed by atoms with Crippen LogP contribution in [0, 0.1) is 5.92 Å². The summed E-state index contributed by atoms with van der Waals surface area (Å²) in [6, 6.07) is 16.6. The number of hydrogen-bond donors (Lipinski definition) is 1. The van der Waals surface area contributed by atoms with Gasteiger partial charge >= 0.3 is 0 Å². The smallest absolute Gasteiger partial charge is 0.130 e. The third kappa shape index (κ3) is 3.75. The van der Waals surface area contributed by atoms with E-state index in [0.29, 0.717) is 12.5 Å². The summed E-state index contributed by atoms with van der Waals surface area (Å²) < 4.78 is 12.6. The molecule has 0 amide bonds. The number of rotatable bonds is 4. The molecule has 27 heavy (non-hydrogen) atoms. The Bertz CT molecular complexity index is 787. The van der Waals surface area contributed by atoms with E-state index in [1.54, 1.807) is 11.8 Å². The zero-order valence-electron chi connectivity index (χ0n) is 16.2. The average molecular weight is 385 g/mol. The van der Waals surface area contributed by atoms with Gasteiger partial charge in [-0.05, 0) is 42.5 Å². The number of aliphatic hydroxyl groups excluding tert-OH is 1. The Hall–Kier alpha value is -1.49. The molecule has 0 saturated carbocycles. The molecule has 3 nitrogen and oxygen atoms in total. The molecular formula is C23H28O3S. The second-order valence-corrected chi connectivity index (χ2v) is 9.88. The maximum atomic E-state index is 10.1. The average Bonchev–Trinajstić information content (AvgIpc) is 2.66. The molecule has 0 aromatic heterocycles. The van der Waals surface area contributed by atoms with E-state index in [4.69, 9.17) is 9.47 Å². The van der Waals surface area contributed by atoms with Crippen molar-refractivity contribution in [3.63, 3.8) is 0 Å². The van der Waals surface area contributed by atoms with Gasteiger partial charge in [-0.3, -0.25) is 0 Å². The van der Waals surface area contributed by atoms with Crippen molar-refractivity contribution in [1.82, 2.24) is 0 Å². The van der Waals surface area contributed by atoms with Crippen LogP contribution in [0.2, 0.25) is 0 Å². The SMILES string of the molecule is C[C@H](O)[C@@H]1O[C@@H]2c3cccc(OCc4ccccc4)c3CC[C@@H]2C(C)(C)S1.